The van der Waals surface area contributed by atoms with Crippen molar-refractivity contribution < 1.29 is 9.18 Å². The van der Waals surface area contributed by atoms with Gasteiger partial charge >= 0.3 is 0 Å². The summed E-state index contributed by atoms with van der Waals surface area (Å²) in [4.78, 5) is 28.5. The van der Waals surface area contributed by atoms with Gasteiger partial charge < -0.3 is 20.4 Å². The Morgan fingerprint density at radius 1 is 1.06 bits per heavy atom. The van der Waals surface area contributed by atoms with Gasteiger partial charge in [0.25, 0.3) is 0 Å². The summed E-state index contributed by atoms with van der Waals surface area (Å²) in [5, 5.41) is 6.39. The highest BCUT2D eigenvalue weighted by atomic mass is 35.5. The Balaban J connectivity index is 1.45. The van der Waals surface area contributed by atoms with Crippen LogP contribution in [0.25, 0.3) is 0 Å². The monoisotopic (exact) mass is 455 g/mol. The van der Waals surface area contributed by atoms with Crippen molar-refractivity contribution in [1.29, 1.82) is 0 Å². The first-order chi connectivity index (χ1) is 15.4. The van der Waals surface area contributed by atoms with Crippen LogP contribution in [-0.4, -0.2) is 47.0 Å². The Kier molecular flexibility index (Phi) is 6.36. The molecule has 0 radical (unpaired) electrons. The number of halogens is 2. The number of nitrogens with zero attached hydrogens (tertiary/aromatic N) is 5. The molecule has 1 aromatic heterocycles. The van der Waals surface area contributed by atoms with E-state index < -0.39 is 0 Å². The lowest BCUT2D eigenvalue weighted by Crippen LogP contribution is -2.47. The van der Waals surface area contributed by atoms with E-state index >= 15 is 0 Å². The molecule has 2 heterocycles. The lowest BCUT2D eigenvalue weighted by Gasteiger charge is -2.36. The zero-order valence-electron chi connectivity index (χ0n) is 17.8. The minimum Gasteiger partial charge on any atom is -0.366 e. The van der Waals surface area contributed by atoms with Crippen molar-refractivity contribution >= 4 is 46.5 Å². The summed E-state index contributed by atoms with van der Waals surface area (Å²) in [7, 11) is 0. The summed E-state index contributed by atoms with van der Waals surface area (Å²) in [5.74, 6) is 0.499. The van der Waals surface area contributed by atoms with Crippen LogP contribution >= 0.6 is 11.6 Å². The van der Waals surface area contributed by atoms with Crippen molar-refractivity contribution in [2.45, 2.75) is 13.8 Å². The van der Waals surface area contributed by atoms with Gasteiger partial charge in [0.05, 0.1) is 5.69 Å². The molecule has 1 fully saturated rings. The van der Waals surface area contributed by atoms with Gasteiger partial charge in [0, 0.05) is 49.5 Å². The highest BCUT2D eigenvalue weighted by Crippen LogP contribution is 2.27. The summed E-state index contributed by atoms with van der Waals surface area (Å²) in [6.07, 6.45) is 1.46. The van der Waals surface area contributed by atoms with E-state index in [1.54, 1.807) is 12.1 Å². The number of piperazine rings is 1. The van der Waals surface area contributed by atoms with E-state index in [9.17, 15) is 9.18 Å². The highest BCUT2D eigenvalue weighted by Gasteiger charge is 2.22. The second-order valence-corrected chi connectivity index (χ2v) is 7.90. The number of benzene rings is 2. The highest BCUT2D eigenvalue weighted by molar-refractivity contribution is 6.30. The van der Waals surface area contributed by atoms with Crippen molar-refractivity contribution in [2.24, 2.45) is 0 Å². The molecule has 0 spiro atoms. The average Bonchev–Trinajstić information content (AvgIpc) is 2.77. The maximum atomic E-state index is 14.2. The van der Waals surface area contributed by atoms with Gasteiger partial charge in [-0.3, -0.25) is 4.79 Å². The van der Waals surface area contributed by atoms with Crippen molar-refractivity contribution in [1.82, 2.24) is 15.0 Å². The SMILES string of the molecule is CC(=O)Nc1cccc(Nc2ncnc(N3CCN(c4ccc(Cl)cc4F)CC3)n2)c1C. The van der Waals surface area contributed by atoms with E-state index in [4.69, 9.17) is 11.6 Å². The maximum absolute atomic E-state index is 14.2. The van der Waals surface area contributed by atoms with E-state index in [1.807, 2.05) is 34.9 Å². The minimum atomic E-state index is -0.325. The fraction of sp³-hybridized carbons (Fsp3) is 0.273. The largest absolute Gasteiger partial charge is 0.366 e. The number of anilines is 5. The van der Waals surface area contributed by atoms with E-state index in [-0.39, 0.29) is 11.7 Å². The summed E-state index contributed by atoms with van der Waals surface area (Å²) in [5.41, 5.74) is 2.93. The fourth-order valence-corrected chi connectivity index (χ4v) is 3.76. The first-order valence-corrected chi connectivity index (χ1v) is 10.6. The quantitative estimate of drug-likeness (QED) is 0.601. The van der Waals surface area contributed by atoms with Gasteiger partial charge in [-0.2, -0.15) is 4.98 Å². The van der Waals surface area contributed by atoms with Crippen LogP contribution in [0.2, 0.25) is 5.02 Å². The van der Waals surface area contributed by atoms with Crippen LogP contribution in [0.15, 0.2) is 42.7 Å². The number of hydrogen-bond donors (Lipinski definition) is 2. The second-order valence-electron chi connectivity index (χ2n) is 7.46. The third-order valence-corrected chi connectivity index (χ3v) is 5.50. The van der Waals surface area contributed by atoms with Gasteiger partial charge in [0.1, 0.15) is 12.1 Å². The Morgan fingerprint density at radius 2 is 1.78 bits per heavy atom. The number of aromatic nitrogens is 3. The van der Waals surface area contributed by atoms with Gasteiger partial charge in [0.15, 0.2) is 0 Å². The summed E-state index contributed by atoms with van der Waals surface area (Å²) in [6.45, 7) is 5.92. The van der Waals surface area contributed by atoms with Crippen LogP contribution in [0.3, 0.4) is 0 Å². The lowest BCUT2D eigenvalue weighted by atomic mass is 10.1. The number of carbonyl (C=O) groups excluding carboxylic acids is 1. The first kappa shape index (κ1) is 21.8. The van der Waals surface area contributed by atoms with Crippen LogP contribution in [0, 0.1) is 12.7 Å². The van der Waals surface area contributed by atoms with Gasteiger partial charge in [0.2, 0.25) is 17.8 Å². The van der Waals surface area contributed by atoms with Gasteiger partial charge in [-0.1, -0.05) is 17.7 Å². The predicted octanol–water partition coefficient (Wildman–Crippen LogP) is 4.00. The molecule has 166 valence electrons. The van der Waals surface area contributed by atoms with Gasteiger partial charge in [-0.15, -0.1) is 0 Å². The van der Waals surface area contributed by atoms with Gasteiger partial charge in [-0.05, 0) is 42.8 Å². The van der Waals surface area contributed by atoms with Crippen molar-refractivity contribution in [2.75, 3.05) is 46.6 Å². The topological polar surface area (TPSA) is 86.3 Å². The van der Waals surface area contributed by atoms with Gasteiger partial charge in [-0.25, -0.2) is 14.4 Å². The standard InChI is InChI=1S/C22H23ClFN7O/c1-14-18(27-15(2)32)4-3-5-19(14)28-21-25-13-26-22(29-21)31-10-8-30(9-11-31)20-7-6-16(23)12-17(20)24/h3-7,12-13H,8-11H2,1-2H3,(H,27,32)(H,25,26,28,29). The molecule has 3 aromatic rings. The molecule has 1 aliphatic heterocycles. The molecule has 8 nitrogen and oxygen atoms in total. The van der Waals surface area contributed by atoms with Crippen LogP contribution in [0.4, 0.5) is 33.3 Å². The molecule has 0 unspecified atom stereocenters. The Hall–Kier alpha value is -3.46. The van der Waals surface area contributed by atoms with Crippen LogP contribution in [-0.2, 0) is 4.79 Å². The molecule has 0 atom stereocenters. The lowest BCUT2D eigenvalue weighted by molar-refractivity contribution is -0.114. The molecular formula is C22H23ClFN7O. The minimum absolute atomic E-state index is 0.134. The van der Waals surface area contributed by atoms with Crippen molar-refractivity contribution in [3.05, 3.63) is 59.1 Å². The van der Waals surface area contributed by atoms with Crippen LogP contribution in [0.5, 0.6) is 0 Å². The van der Waals surface area contributed by atoms with E-state index in [0.717, 1.165) is 16.9 Å². The Bertz CT molecular complexity index is 1140. The van der Waals surface area contributed by atoms with E-state index in [0.29, 0.717) is 48.8 Å². The molecule has 0 bridgehead atoms. The third-order valence-electron chi connectivity index (χ3n) is 5.26. The average molecular weight is 456 g/mol. The molecule has 32 heavy (non-hydrogen) atoms. The van der Waals surface area contributed by atoms with E-state index in [2.05, 4.69) is 25.6 Å². The number of hydrogen-bond acceptors (Lipinski definition) is 7. The molecule has 4 rings (SSSR count). The van der Waals surface area contributed by atoms with Crippen LogP contribution in [0.1, 0.15) is 12.5 Å². The van der Waals surface area contributed by atoms with Crippen molar-refractivity contribution in [3.63, 3.8) is 0 Å². The number of amides is 1. The van der Waals surface area contributed by atoms with Crippen molar-refractivity contribution in [3.8, 4) is 0 Å². The van der Waals surface area contributed by atoms with Crippen LogP contribution < -0.4 is 20.4 Å². The second kappa shape index (κ2) is 9.35. The smallest absolute Gasteiger partial charge is 0.232 e. The number of rotatable bonds is 5. The van der Waals surface area contributed by atoms with E-state index in [1.165, 1.54) is 19.3 Å². The number of nitrogens with one attached hydrogen (secondary N) is 2. The zero-order valence-corrected chi connectivity index (χ0v) is 18.5. The Morgan fingerprint density at radius 3 is 2.50 bits per heavy atom. The fourth-order valence-electron chi connectivity index (χ4n) is 3.60. The molecule has 2 N–H and O–H groups in total. The molecule has 10 heteroatoms. The first-order valence-electron chi connectivity index (χ1n) is 10.2. The summed E-state index contributed by atoms with van der Waals surface area (Å²) in [6, 6.07) is 10.3. The molecule has 2 aromatic carbocycles. The molecule has 1 saturated heterocycles. The Labute approximate surface area is 190 Å². The molecule has 0 saturated carbocycles. The maximum Gasteiger partial charge on any atom is 0.232 e. The summed E-state index contributed by atoms with van der Waals surface area (Å²) >= 11 is 5.86. The zero-order chi connectivity index (χ0) is 22.7. The predicted molar refractivity (Wildman–Crippen MR) is 124 cm³/mol. The summed E-state index contributed by atoms with van der Waals surface area (Å²) < 4.78 is 14.2. The number of carbonyl (C=O) groups is 1. The normalized spacial score (nSPS) is 13.8. The molecule has 1 aliphatic rings. The molecule has 1 amide bonds. The molecular weight excluding hydrogens is 433 g/mol. The molecule has 0 aliphatic carbocycles. The third kappa shape index (κ3) is 4.88.